The summed E-state index contributed by atoms with van der Waals surface area (Å²) in [5.74, 6) is -1.26. The molecule has 6 heteroatoms. The molecule has 0 atom stereocenters. The maximum absolute atomic E-state index is 12.3. The largest absolute Gasteiger partial charge is 0.507 e. The second-order valence-corrected chi connectivity index (χ2v) is 5.72. The van der Waals surface area contributed by atoms with E-state index in [4.69, 9.17) is 4.74 Å². The number of aromatic hydroxyl groups is 1. The van der Waals surface area contributed by atoms with Crippen LogP contribution >= 0.6 is 31.9 Å². The molecule has 0 spiro atoms. The lowest BCUT2D eigenvalue weighted by Crippen LogP contribution is -2.09. The van der Waals surface area contributed by atoms with E-state index in [-0.39, 0.29) is 26.9 Å². The van der Waals surface area contributed by atoms with Gasteiger partial charge in [-0.3, -0.25) is 4.79 Å². The maximum Gasteiger partial charge on any atom is 0.346 e. The molecular weight excluding hydrogens is 392 g/mol. The number of halogens is 2. The number of rotatable bonds is 4. The molecule has 0 bridgehead atoms. The first-order chi connectivity index (χ1) is 9.29. The van der Waals surface area contributed by atoms with Gasteiger partial charge in [0.1, 0.15) is 10.2 Å². The van der Waals surface area contributed by atoms with Crippen LogP contribution < -0.4 is 0 Å². The molecule has 1 aromatic rings. The van der Waals surface area contributed by atoms with E-state index in [0.29, 0.717) is 0 Å². The Morgan fingerprint density at radius 2 is 1.70 bits per heavy atom. The number of allylic oxidation sites excluding steroid dienone is 1. The molecule has 0 heterocycles. The SMILES string of the molecule is CCOC(=O)/C(Br)=C(\Br)C(=O)c1cc(C)c(C)cc1O. The van der Waals surface area contributed by atoms with Crippen molar-refractivity contribution >= 4 is 43.6 Å². The highest BCUT2D eigenvalue weighted by Gasteiger charge is 2.22. The Kier molecular flexibility index (Phi) is 5.95. The van der Waals surface area contributed by atoms with Crippen LogP contribution in [0.2, 0.25) is 0 Å². The van der Waals surface area contributed by atoms with Crippen molar-refractivity contribution in [3.05, 3.63) is 37.8 Å². The van der Waals surface area contributed by atoms with E-state index in [9.17, 15) is 14.7 Å². The van der Waals surface area contributed by atoms with Crippen LogP contribution in [-0.2, 0) is 9.53 Å². The number of ether oxygens (including phenoxy) is 1. The third-order valence-corrected chi connectivity index (χ3v) is 4.71. The number of carbonyl (C=O) groups excluding carboxylic acids is 2. The van der Waals surface area contributed by atoms with Gasteiger partial charge in [-0.05, 0) is 75.9 Å². The fraction of sp³-hybridized carbons (Fsp3) is 0.286. The summed E-state index contributed by atoms with van der Waals surface area (Å²) in [6.45, 7) is 5.55. The third-order valence-electron chi connectivity index (χ3n) is 2.70. The number of Topliss-reactive ketones (excluding diaryl/α,β-unsaturated/α-hetero) is 1. The summed E-state index contributed by atoms with van der Waals surface area (Å²) in [7, 11) is 0. The van der Waals surface area contributed by atoms with Gasteiger partial charge in [-0.15, -0.1) is 0 Å². The molecule has 20 heavy (non-hydrogen) atoms. The predicted molar refractivity (Wildman–Crippen MR) is 83.4 cm³/mol. The number of hydrogen-bond acceptors (Lipinski definition) is 4. The summed E-state index contributed by atoms with van der Waals surface area (Å²) in [6, 6.07) is 3.10. The normalized spacial score (nSPS) is 11.8. The second-order valence-electron chi connectivity index (χ2n) is 4.13. The molecule has 1 N–H and O–H groups in total. The van der Waals surface area contributed by atoms with Gasteiger partial charge >= 0.3 is 5.97 Å². The molecule has 0 saturated heterocycles. The summed E-state index contributed by atoms with van der Waals surface area (Å²) in [5.41, 5.74) is 1.88. The van der Waals surface area contributed by atoms with Crippen LogP contribution in [0.4, 0.5) is 0 Å². The van der Waals surface area contributed by atoms with Crippen LogP contribution in [0.3, 0.4) is 0 Å². The Bertz CT molecular complexity index is 591. The minimum absolute atomic E-state index is 0.00880. The average Bonchev–Trinajstić information content (AvgIpc) is 2.40. The van der Waals surface area contributed by atoms with Crippen molar-refractivity contribution in [2.24, 2.45) is 0 Å². The van der Waals surface area contributed by atoms with Gasteiger partial charge in [0.2, 0.25) is 5.78 Å². The maximum atomic E-state index is 12.3. The molecule has 0 radical (unpaired) electrons. The zero-order valence-corrected chi connectivity index (χ0v) is 14.5. The quantitative estimate of drug-likeness (QED) is 0.470. The van der Waals surface area contributed by atoms with Crippen molar-refractivity contribution in [1.82, 2.24) is 0 Å². The van der Waals surface area contributed by atoms with E-state index in [2.05, 4.69) is 31.9 Å². The summed E-state index contributed by atoms with van der Waals surface area (Å²) in [4.78, 5) is 23.8. The molecular formula is C14H14Br2O4. The Hall–Kier alpha value is -1.14. The van der Waals surface area contributed by atoms with Crippen LogP contribution in [0.25, 0.3) is 0 Å². The highest BCUT2D eigenvalue weighted by atomic mass is 79.9. The number of phenolic OH excluding ortho intramolecular Hbond substituents is 1. The molecule has 0 fully saturated rings. The lowest BCUT2D eigenvalue weighted by molar-refractivity contribution is -0.137. The third kappa shape index (κ3) is 3.70. The number of phenols is 1. The number of carbonyl (C=O) groups is 2. The first-order valence-corrected chi connectivity index (χ1v) is 7.45. The lowest BCUT2D eigenvalue weighted by atomic mass is 10.0. The minimum Gasteiger partial charge on any atom is -0.507 e. The number of benzene rings is 1. The Balaban J connectivity index is 3.21. The van der Waals surface area contributed by atoms with E-state index in [1.807, 2.05) is 13.8 Å². The van der Waals surface area contributed by atoms with Gasteiger partial charge in [-0.25, -0.2) is 4.79 Å². The molecule has 4 nitrogen and oxygen atoms in total. The van der Waals surface area contributed by atoms with Gasteiger partial charge in [0, 0.05) is 0 Å². The fourth-order valence-electron chi connectivity index (χ4n) is 1.48. The van der Waals surface area contributed by atoms with Gasteiger partial charge in [0.25, 0.3) is 0 Å². The smallest absolute Gasteiger partial charge is 0.346 e. The Morgan fingerprint density at radius 1 is 1.15 bits per heavy atom. The second kappa shape index (κ2) is 7.04. The van der Waals surface area contributed by atoms with Crippen molar-refractivity contribution in [2.45, 2.75) is 20.8 Å². The van der Waals surface area contributed by atoms with Crippen LogP contribution in [0.5, 0.6) is 5.75 Å². The molecule has 0 amide bonds. The van der Waals surface area contributed by atoms with Crippen molar-refractivity contribution in [3.8, 4) is 5.75 Å². The molecule has 108 valence electrons. The minimum atomic E-state index is -0.643. The highest BCUT2D eigenvalue weighted by molar-refractivity contribution is 9.14. The monoisotopic (exact) mass is 404 g/mol. The lowest BCUT2D eigenvalue weighted by Gasteiger charge is -2.08. The van der Waals surface area contributed by atoms with Crippen LogP contribution in [0, 0.1) is 13.8 Å². The fourth-order valence-corrected chi connectivity index (χ4v) is 2.15. The number of hydrogen-bond donors (Lipinski definition) is 1. The first-order valence-electron chi connectivity index (χ1n) is 5.86. The molecule has 0 aromatic heterocycles. The standard InChI is InChI=1S/C14H14Br2O4/c1-4-20-14(19)12(16)11(15)13(18)9-5-7(2)8(3)6-10(9)17/h5-6,17H,4H2,1-3H3/b12-11+. The van der Waals surface area contributed by atoms with Crippen molar-refractivity contribution in [1.29, 1.82) is 0 Å². The van der Waals surface area contributed by atoms with E-state index in [1.54, 1.807) is 13.0 Å². The summed E-state index contributed by atoms with van der Waals surface area (Å²) >= 11 is 6.09. The average molecular weight is 406 g/mol. The summed E-state index contributed by atoms with van der Waals surface area (Å²) in [5, 5.41) is 9.86. The van der Waals surface area contributed by atoms with Crippen LogP contribution in [0.15, 0.2) is 21.1 Å². The highest BCUT2D eigenvalue weighted by Crippen LogP contribution is 2.29. The van der Waals surface area contributed by atoms with Gasteiger partial charge < -0.3 is 9.84 Å². The molecule has 1 rings (SSSR count). The number of ketones is 1. The van der Waals surface area contributed by atoms with E-state index in [1.165, 1.54) is 6.07 Å². The van der Waals surface area contributed by atoms with Crippen molar-refractivity contribution in [2.75, 3.05) is 6.61 Å². The molecule has 0 aliphatic rings. The van der Waals surface area contributed by atoms with Crippen LogP contribution in [0.1, 0.15) is 28.4 Å². The van der Waals surface area contributed by atoms with Gasteiger partial charge in [-0.2, -0.15) is 0 Å². The molecule has 1 aromatic carbocycles. The van der Waals surface area contributed by atoms with Crippen molar-refractivity contribution in [3.63, 3.8) is 0 Å². The summed E-state index contributed by atoms with van der Waals surface area (Å²) < 4.78 is 4.79. The molecule has 0 aliphatic heterocycles. The topological polar surface area (TPSA) is 63.6 Å². The Labute approximate surface area is 134 Å². The number of esters is 1. The van der Waals surface area contributed by atoms with Gasteiger partial charge in [0.05, 0.1) is 16.7 Å². The van der Waals surface area contributed by atoms with Gasteiger partial charge in [0.15, 0.2) is 0 Å². The van der Waals surface area contributed by atoms with E-state index >= 15 is 0 Å². The zero-order valence-electron chi connectivity index (χ0n) is 11.3. The van der Waals surface area contributed by atoms with Crippen molar-refractivity contribution < 1.29 is 19.4 Å². The molecule has 0 unspecified atom stereocenters. The number of aryl methyl sites for hydroxylation is 2. The van der Waals surface area contributed by atoms with Crippen LogP contribution in [-0.4, -0.2) is 23.5 Å². The van der Waals surface area contributed by atoms with Gasteiger partial charge in [-0.1, -0.05) is 0 Å². The van der Waals surface area contributed by atoms with E-state index in [0.717, 1.165) is 11.1 Å². The first kappa shape index (κ1) is 16.9. The zero-order chi connectivity index (χ0) is 15.4. The Morgan fingerprint density at radius 3 is 2.25 bits per heavy atom. The summed E-state index contributed by atoms with van der Waals surface area (Å²) in [6.07, 6.45) is 0. The van der Waals surface area contributed by atoms with E-state index < -0.39 is 11.8 Å². The predicted octanol–water partition coefficient (Wildman–Crippen LogP) is 3.76. The molecule has 0 saturated carbocycles. The molecule has 0 aliphatic carbocycles.